The molecule has 0 saturated carbocycles. The van der Waals surface area contributed by atoms with Crippen molar-refractivity contribution in [3.8, 4) is 0 Å². The zero-order valence-corrected chi connectivity index (χ0v) is 8.35. The summed E-state index contributed by atoms with van der Waals surface area (Å²) in [4.78, 5) is 10.4. The molecule has 3 heteroatoms. The summed E-state index contributed by atoms with van der Waals surface area (Å²) in [5.74, 6) is 0. The van der Waals surface area contributed by atoms with Crippen molar-refractivity contribution >= 4 is 38.1 Å². The van der Waals surface area contributed by atoms with Gasteiger partial charge in [0.05, 0.1) is 0 Å². The minimum atomic E-state index is -0.454. The summed E-state index contributed by atoms with van der Waals surface area (Å²) in [7, 11) is 0. The van der Waals surface area contributed by atoms with Gasteiger partial charge in [-0.25, -0.2) is 0 Å². The van der Waals surface area contributed by atoms with E-state index < -0.39 is 4.32 Å². The smallest absolute Gasteiger partial charge is 0.140 e. The third-order valence-electron chi connectivity index (χ3n) is 1.33. The zero-order chi connectivity index (χ0) is 7.61. The highest BCUT2D eigenvalue weighted by molar-refractivity contribution is 9.12. The lowest BCUT2D eigenvalue weighted by atomic mass is 10.0. The number of allylic oxidation sites excluding steroid dienone is 4. The fourth-order valence-electron chi connectivity index (χ4n) is 0.696. The average Bonchev–Trinajstić information content (AvgIpc) is 1.96. The Morgan fingerprint density at radius 3 is 2.80 bits per heavy atom. The Morgan fingerprint density at radius 2 is 2.40 bits per heavy atom. The van der Waals surface area contributed by atoms with Gasteiger partial charge in [0.2, 0.25) is 0 Å². The van der Waals surface area contributed by atoms with E-state index in [0.29, 0.717) is 6.42 Å². The molecule has 54 valence electrons. The number of halogens is 2. The van der Waals surface area contributed by atoms with Crippen molar-refractivity contribution in [1.29, 1.82) is 0 Å². The Morgan fingerprint density at radius 1 is 1.70 bits per heavy atom. The van der Waals surface area contributed by atoms with Gasteiger partial charge < -0.3 is 4.79 Å². The Kier molecular flexibility index (Phi) is 2.47. The standard InChI is InChI=1S/C7H6Br2O/c8-6-1-3-7(9,5-10)4-2-6/h1-3,5H,4H2. The van der Waals surface area contributed by atoms with Crippen molar-refractivity contribution in [2.24, 2.45) is 0 Å². The molecule has 0 amide bonds. The molecule has 0 heterocycles. The number of hydrogen-bond acceptors (Lipinski definition) is 1. The van der Waals surface area contributed by atoms with Crippen LogP contribution in [0.3, 0.4) is 0 Å². The second-order valence-corrected chi connectivity index (χ2v) is 4.56. The van der Waals surface area contributed by atoms with E-state index in [-0.39, 0.29) is 0 Å². The third kappa shape index (κ3) is 1.80. The van der Waals surface area contributed by atoms with Crippen LogP contribution >= 0.6 is 31.9 Å². The number of aldehydes is 1. The number of alkyl halides is 1. The minimum absolute atomic E-state index is 0.454. The monoisotopic (exact) mass is 264 g/mol. The predicted molar refractivity (Wildman–Crippen MR) is 48.5 cm³/mol. The SMILES string of the molecule is O=CC1(Br)C=CC(Br)=CC1. The second kappa shape index (κ2) is 3.01. The van der Waals surface area contributed by atoms with Crippen molar-refractivity contribution in [1.82, 2.24) is 0 Å². The van der Waals surface area contributed by atoms with Gasteiger partial charge in [0.1, 0.15) is 10.6 Å². The van der Waals surface area contributed by atoms with Crippen LogP contribution in [0.15, 0.2) is 22.7 Å². The molecule has 1 atom stereocenters. The van der Waals surface area contributed by atoms with Crippen LogP contribution in [0.5, 0.6) is 0 Å². The molecule has 0 spiro atoms. The summed E-state index contributed by atoms with van der Waals surface area (Å²) >= 11 is 6.61. The van der Waals surface area contributed by atoms with E-state index in [1.54, 1.807) is 0 Å². The minimum Gasteiger partial charge on any atom is -0.301 e. The van der Waals surface area contributed by atoms with Gasteiger partial charge in [-0.3, -0.25) is 0 Å². The van der Waals surface area contributed by atoms with Gasteiger partial charge in [-0.15, -0.1) is 0 Å². The first-order valence-corrected chi connectivity index (χ1v) is 4.45. The van der Waals surface area contributed by atoms with Crippen molar-refractivity contribution in [2.45, 2.75) is 10.7 Å². The van der Waals surface area contributed by atoms with Crippen LogP contribution in [-0.2, 0) is 4.79 Å². The largest absolute Gasteiger partial charge is 0.301 e. The van der Waals surface area contributed by atoms with Crippen molar-refractivity contribution in [2.75, 3.05) is 0 Å². The van der Waals surface area contributed by atoms with Gasteiger partial charge in [0.15, 0.2) is 0 Å². The average molecular weight is 266 g/mol. The number of carbonyl (C=O) groups excluding carboxylic acids is 1. The summed E-state index contributed by atoms with van der Waals surface area (Å²) < 4.78 is 0.578. The molecule has 0 aromatic carbocycles. The Hall–Kier alpha value is 0.110. The normalized spacial score (nSPS) is 31.6. The van der Waals surface area contributed by atoms with Crippen LogP contribution in [0.2, 0.25) is 0 Å². The van der Waals surface area contributed by atoms with E-state index in [1.165, 1.54) is 0 Å². The van der Waals surface area contributed by atoms with Gasteiger partial charge in [-0.1, -0.05) is 50.1 Å². The Balaban J connectivity index is 2.76. The first-order chi connectivity index (χ1) is 4.66. The van der Waals surface area contributed by atoms with Gasteiger partial charge >= 0.3 is 0 Å². The summed E-state index contributed by atoms with van der Waals surface area (Å²) in [6.45, 7) is 0. The number of rotatable bonds is 1. The fourth-order valence-corrected chi connectivity index (χ4v) is 1.28. The van der Waals surface area contributed by atoms with E-state index in [2.05, 4.69) is 31.9 Å². The van der Waals surface area contributed by atoms with Gasteiger partial charge in [-0.2, -0.15) is 0 Å². The quantitative estimate of drug-likeness (QED) is 0.526. The molecular formula is C7H6Br2O. The van der Waals surface area contributed by atoms with Gasteiger partial charge in [0.25, 0.3) is 0 Å². The van der Waals surface area contributed by atoms with E-state index >= 15 is 0 Å². The highest BCUT2D eigenvalue weighted by Gasteiger charge is 2.22. The van der Waals surface area contributed by atoms with Gasteiger partial charge in [-0.05, 0) is 6.42 Å². The zero-order valence-electron chi connectivity index (χ0n) is 5.18. The molecular weight excluding hydrogens is 260 g/mol. The molecule has 0 aromatic rings. The second-order valence-electron chi connectivity index (χ2n) is 2.17. The maximum absolute atomic E-state index is 10.4. The molecule has 0 saturated heterocycles. The molecule has 10 heavy (non-hydrogen) atoms. The molecule has 0 N–H and O–H groups in total. The first kappa shape index (κ1) is 8.21. The first-order valence-electron chi connectivity index (χ1n) is 2.86. The Labute approximate surface area is 76.4 Å². The van der Waals surface area contributed by atoms with Crippen molar-refractivity contribution in [3.63, 3.8) is 0 Å². The molecule has 0 aliphatic heterocycles. The lowest BCUT2D eigenvalue weighted by Crippen LogP contribution is -2.19. The lowest BCUT2D eigenvalue weighted by Gasteiger charge is -2.16. The lowest BCUT2D eigenvalue weighted by molar-refractivity contribution is -0.108. The van der Waals surface area contributed by atoms with E-state index in [9.17, 15) is 4.79 Å². The van der Waals surface area contributed by atoms with Crippen LogP contribution in [-0.4, -0.2) is 10.6 Å². The topological polar surface area (TPSA) is 17.1 Å². The summed E-state index contributed by atoms with van der Waals surface area (Å²) in [5.41, 5.74) is 0. The Bertz CT molecular complexity index is 208. The molecule has 0 fully saturated rings. The highest BCUT2D eigenvalue weighted by atomic mass is 79.9. The number of hydrogen-bond donors (Lipinski definition) is 0. The van der Waals surface area contributed by atoms with Crippen LogP contribution in [0, 0.1) is 0 Å². The fraction of sp³-hybridized carbons (Fsp3) is 0.286. The summed E-state index contributed by atoms with van der Waals surface area (Å²) in [6.07, 6.45) is 7.28. The van der Waals surface area contributed by atoms with Crippen LogP contribution in [0.1, 0.15) is 6.42 Å². The van der Waals surface area contributed by atoms with Crippen molar-refractivity contribution in [3.05, 3.63) is 22.7 Å². The molecule has 1 aliphatic carbocycles. The van der Waals surface area contributed by atoms with Crippen LogP contribution in [0.4, 0.5) is 0 Å². The molecule has 0 aromatic heterocycles. The van der Waals surface area contributed by atoms with Crippen molar-refractivity contribution < 1.29 is 4.79 Å². The maximum atomic E-state index is 10.4. The summed E-state index contributed by atoms with van der Waals surface area (Å²) in [5, 5.41) is 0. The summed E-state index contributed by atoms with van der Waals surface area (Å²) in [6, 6.07) is 0. The molecule has 1 nitrogen and oxygen atoms in total. The van der Waals surface area contributed by atoms with E-state index in [0.717, 1.165) is 10.8 Å². The molecule has 1 aliphatic rings. The molecule has 1 unspecified atom stereocenters. The maximum Gasteiger partial charge on any atom is 0.140 e. The molecule has 1 rings (SSSR count). The molecule has 0 bridgehead atoms. The van der Waals surface area contributed by atoms with Crippen LogP contribution < -0.4 is 0 Å². The predicted octanol–water partition coefficient (Wildman–Crippen LogP) is 2.56. The van der Waals surface area contributed by atoms with Gasteiger partial charge in [0, 0.05) is 4.48 Å². The van der Waals surface area contributed by atoms with E-state index in [4.69, 9.17) is 0 Å². The highest BCUT2D eigenvalue weighted by Crippen LogP contribution is 2.29. The number of carbonyl (C=O) groups is 1. The third-order valence-corrected chi connectivity index (χ3v) is 2.69. The van der Waals surface area contributed by atoms with E-state index in [1.807, 2.05) is 18.2 Å². The molecule has 0 radical (unpaired) electrons. The van der Waals surface area contributed by atoms with Crippen LogP contribution in [0.25, 0.3) is 0 Å².